The van der Waals surface area contributed by atoms with Crippen molar-refractivity contribution in [2.24, 2.45) is 7.05 Å². The molecule has 0 saturated carbocycles. The number of aryl methyl sites for hydroxylation is 1. The molecule has 134 valence electrons. The van der Waals surface area contributed by atoms with Gasteiger partial charge in [-0.15, -0.1) is 0 Å². The molecule has 0 aliphatic heterocycles. The summed E-state index contributed by atoms with van der Waals surface area (Å²) in [5.74, 6) is -0.783. The summed E-state index contributed by atoms with van der Waals surface area (Å²) in [7, 11) is 1.85. The highest BCUT2D eigenvalue weighted by Gasteiger charge is 2.16. The summed E-state index contributed by atoms with van der Waals surface area (Å²) in [5.41, 5.74) is 2.68. The molecule has 1 N–H and O–H groups in total. The first-order valence-electron chi connectivity index (χ1n) is 8.16. The molecule has 2 heterocycles. The summed E-state index contributed by atoms with van der Waals surface area (Å²) in [6.07, 6.45) is 4.32. The first kappa shape index (κ1) is 17.6. The van der Waals surface area contributed by atoms with Crippen LogP contribution in [0.25, 0.3) is 11.3 Å². The number of aromatic nitrogens is 3. The zero-order valence-corrected chi connectivity index (χ0v) is 14.5. The molecule has 6 nitrogen and oxygen atoms in total. The summed E-state index contributed by atoms with van der Waals surface area (Å²) < 4.78 is 20.7. The van der Waals surface area contributed by atoms with Gasteiger partial charge in [-0.3, -0.25) is 14.5 Å². The molecule has 0 fully saturated rings. The van der Waals surface area contributed by atoms with E-state index in [2.05, 4.69) is 15.4 Å². The molecule has 1 aromatic carbocycles. The van der Waals surface area contributed by atoms with Gasteiger partial charge in [0.25, 0.3) is 5.91 Å². The van der Waals surface area contributed by atoms with Crippen LogP contribution in [0, 0.1) is 5.82 Å². The van der Waals surface area contributed by atoms with E-state index in [9.17, 15) is 9.18 Å². The lowest BCUT2D eigenvalue weighted by Crippen LogP contribution is -2.36. The van der Waals surface area contributed by atoms with Crippen molar-refractivity contribution in [3.8, 4) is 17.0 Å². The predicted octanol–water partition coefficient (Wildman–Crippen LogP) is 2.70. The number of rotatable bonds is 6. The first-order chi connectivity index (χ1) is 12.5. The van der Waals surface area contributed by atoms with Crippen LogP contribution in [0.15, 0.2) is 55.0 Å². The third-order valence-electron chi connectivity index (χ3n) is 3.89. The van der Waals surface area contributed by atoms with E-state index < -0.39 is 11.9 Å². The summed E-state index contributed by atoms with van der Waals surface area (Å²) in [5, 5.41) is 6.92. The van der Waals surface area contributed by atoms with Crippen molar-refractivity contribution >= 4 is 5.91 Å². The Bertz CT molecular complexity index is 910. The summed E-state index contributed by atoms with van der Waals surface area (Å²) in [6.45, 7) is 1.87. The van der Waals surface area contributed by atoms with Crippen molar-refractivity contribution < 1.29 is 13.9 Å². The lowest BCUT2D eigenvalue weighted by molar-refractivity contribution is -0.127. The van der Waals surface area contributed by atoms with Gasteiger partial charge >= 0.3 is 0 Å². The number of hydrogen-bond acceptors (Lipinski definition) is 4. The van der Waals surface area contributed by atoms with Gasteiger partial charge in [0, 0.05) is 37.7 Å². The Labute approximate surface area is 150 Å². The third-order valence-corrected chi connectivity index (χ3v) is 3.89. The van der Waals surface area contributed by atoms with Crippen molar-refractivity contribution in [2.45, 2.75) is 19.6 Å². The number of nitrogens with zero attached hydrogens (tertiary/aromatic N) is 3. The maximum atomic E-state index is 13.6. The molecule has 0 saturated heterocycles. The van der Waals surface area contributed by atoms with Gasteiger partial charge in [0.15, 0.2) is 17.7 Å². The van der Waals surface area contributed by atoms with Gasteiger partial charge < -0.3 is 10.1 Å². The molecule has 1 unspecified atom stereocenters. The van der Waals surface area contributed by atoms with Gasteiger partial charge in [-0.25, -0.2) is 4.39 Å². The number of pyridine rings is 1. The number of hydrogen-bond donors (Lipinski definition) is 1. The highest BCUT2D eigenvalue weighted by molar-refractivity contribution is 5.80. The topological polar surface area (TPSA) is 69.0 Å². The quantitative estimate of drug-likeness (QED) is 0.739. The van der Waals surface area contributed by atoms with Gasteiger partial charge in [0.05, 0.1) is 5.69 Å². The number of halogens is 1. The average Bonchev–Trinajstić information content (AvgIpc) is 3.08. The molecule has 3 rings (SSSR count). The third kappa shape index (κ3) is 4.05. The van der Waals surface area contributed by atoms with Crippen LogP contribution in [0.2, 0.25) is 0 Å². The fraction of sp³-hybridized carbons (Fsp3) is 0.211. The van der Waals surface area contributed by atoms with Crippen LogP contribution in [0.5, 0.6) is 5.75 Å². The van der Waals surface area contributed by atoms with Crippen LogP contribution in [0.3, 0.4) is 0 Å². The monoisotopic (exact) mass is 354 g/mol. The molecule has 0 bridgehead atoms. The maximum Gasteiger partial charge on any atom is 0.261 e. The fourth-order valence-electron chi connectivity index (χ4n) is 2.50. The molecular formula is C19H19FN4O2. The van der Waals surface area contributed by atoms with Crippen molar-refractivity contribution in [2.75, 3.05) is 0 Å². The fourth-order valence-corrected chi connectivity index (χ4v) is 2.50. The number of carbonyl (C=O) groups excluding carboxylic acids is 1. The minimum absolute atomic E-state index is 0.0509. The van der Waals surface area contributed by atoms with Crippen molar-refractivity contribution in [3.63, 3.8) is 0 Å². The lowest BCUT2D eigenvalue weighted by Gasteiger charge is -2.15. The van der Waals surface area contributed by atoms with Crippen molar-refractivity contribution in [3.05, 3.63) is 66.4 Å². The SMILES string of the molecule is CC(Oc1ccccc1F)C(=O)NCc1cncc(-c2ccnn2C)c1. The summed E-state index contributed by atoms with van der Waals surface area (Å²) in [4.78, 5) is 16.4. The highest BCUT2D eigenvalue weighted by atomic mass is 19.1. The largest absolute Gasteiger partial charge is 0.478 e. The Morgan fingerprint density at radius 2 is 2.12 bits per heavy atom. The Morgan fingerprint density at radius 1 is 1.31 bits per heavy atom. The van der Waals surface area contributed by atoms with E-state index in [0.29, 0.717) is 6.54 Å². The lowest BCUT2D eigenvalue weighted by atomic mass is 10.1. The van der Waals surface area contributed by atoms with E-state index in [-0.39, 0.29) is 11.7 Å². The number of ether oxygens (including phenoxy) is 1. The van der Waals surface area contributed by atoms with E-state index in [1.54, 1.807) is 42.3 Å². The first-order valence-corrected chi connectivity index (χ1v) is 8.16. The van der Waals surface area contributed by atoms with Gasteiger partial charge in [0.2, 0.25) is 0 Å². The molecule has 26 heavy (non-hydrogen) atoms. The van der Waals surface area contributed by atoms with Crippen LogP contribution < -0.4 is 10.1 Å². The smallest absolute Gasteiger partial charge is 0.261 e. The number of para-hydroxylation sites is 1. The Morgan fingerprint density at radius 3 is 2.85 bits per heavy atom. The van der Waals surface area contributed by atoms with Crippen LogP contribution in [-0.2, 0) is 18.4 Å². The van der Waals surface area contributed by atoms with E-state index >= 15 is 0 Å². The molecule has 0 spiro atoms. The Balaban J connectivity index is 1.61. The van der Waals surface area contributed by atoms with E-state index in [4.69, 9.17) is 4.74 Å². The zero-order chi connectivity index (χ0) is 18.5. The summed E-state index contributed by atoms with van der Waals surface area (Å²) in [6, 6.07) is 9.82. The van der Waals surface area contributed by atoms with E-state index in [1.165, 1.54) is 12.1 Å². The molecule has 2 aromatic heterocycles. The van der Waals surface area contributed by atoms with Gasteiger partial charge in [-0.05, 0) is 36.8 Å². The van der Waals surface area contributed by atoms with Gasteiger partial charge in [0.1, 0.15) is 0 Å². The van der Waals surface area contributed by atoms with Gasteiger partial charge in [-0.2, -0.15) is 5.10 Å². The molecule has 3 aromatic rings. The molecule has 1 amide bonds. The molecule has 0 aliphatic carbocycles. The van der Waals surface area contributed by atoms with Crippen LogP contribution in [0.4, 0.5) is 4.39 Å². The second kappa shape index (κ2) is 7.77. The maximum absolute atomic E-state index is 13.6. The zero-order valence-electron chi connectivity index (χ0n) is 14.5. The number of benzene rings is 1. The average molecular weight is 354 g/mol. The number of carbonyl (C=O) groups is 1. The Hall–Kier alpha value is -3.22. The predicted molar refractivity (Wildman–Crippen MR) is 94.8 cm³/mol. The molecule has 1 atom stereocenters. The second-order valence-corrected chi connectivity index (χ2v) is 5.83. The van der Waals surface area contributed by atoms with Crippen molar-refractivity contribution in [1.29, 1.82) is 0 Å². The second-order valence-electron chi connectivity index (χ2n) is 5.83. The van der Waals surface area contributed by atoms with Crippen LogP contribution >= 0.6 is 0 Å². The highest BCUT2D eigenvalue weighted by Crippen LogP contribution is 2.19. The van der Waals surface area contributed by atoms with Crippen LogP contribution in [-0.4, -0.2) is 26.8 Å². The van der Waals surface area contributed by atoms with Gasteiger partial charge in [-0.1, -0.05) is 12.1 Å². The minimum Gasteiger partial charge on any atom is -0.478 e. The molecule has 7 heteroatoms. The normalized spacial score (nSPS) is 11.8. The number of nitrogens with one attached hydrogen (secondary N) is 1. The van der Waals surface area contributed by atoms with E-state index in [1.807, 2.05) is 19.2 Å². The summed E-state index contributed by atoms with van der Waals surface area (Å²) >= 11 is 0. The molecule has 0 aliphatic rings. The molecule has 0 radical (unpaired) electrons. The van der Waals surface area contributed by atoms with Crippen LogP contribution in [0.1, 0.15) is 12.5 Å². The Kier molecular flexibility index (Phi) is 5.26. The van der Waals surface area contributed by atoms with E-state index in [0.717, 1.165) is 16.8 Å². The number of amides is 1. The minimum atomic E-state index is -0.819. The molecular weight excluding hydrogens is 335 g/mol. The standard InChI is InChI=1S/C19H19FN4O2/c1-13(26-18-6-4-3-5-16(18)20)19(25)22-11-14-9-15(12-21-10-14)17-7-8-23-24(17)2/h3-10,12-13H,11H2,1-2H3,(H,22,25). The van der Waals surface area contributed by atoms with Crippen molar-refractivity contribution in [1.82, 2.24) is 20.1 Å².